The van der Waals surface area contributed by atoms with Gasteiger partial charge in [0.2, 0.25) is 0 Å². The minimum Gasteiger partial charge on any atom is -0.306 e. The molecule has 3 nitrogen and oxygen atoms in total. The molecule has 0 aliphatic carbocycles. The SMILES string of the molecule is C=CC=N/C(=C\C=C)CNCc1ccccn1. The monoisotopic (exact) mass is 227 g/mol. The van der Waals surface area contributed by atoms with Crippen LogP contribution < -0.4 is 5.32 Å². The smallest absolute Gasteiger partial charge is 0.0541 e. The number of aromatic nitrogens is 1. The normalized spacial score (nSPS) is 11.6. The molecule has 0 radical (unpaired) electrons. The maximum Gasteiger partial charge on any atom is 0.0541 e. The zero-order chi connectivity index (χ0) is 12.3. The fraction of sp³-hybridized carbons (Fsp3) is 0.143. The minimum absolute atomic E-state index is 0.674. The van der Waals surface area contributed by atoms with Crippen LogP contribution in [0.2, 0.25) is 0 Å². The maximum atomic E-state index is 4.23. The van der Waals surface area contributed by atoms with Crippen molar-refractivity contribution in [1.29, 1.82) is 0 Å². The van der Waals surface area contributed by atoms with Crippen molar-refractivity contribution < 1.29 is 0 Å². The molecular formula is C14H17N3. The summed E-state index contributed by atoms with van der Waals surface area (Å²) in [5.74, 6) is 0. The van der Waals surface area contributed by atoms with Gasteiger partial charge in [0.15, 0.2) is 0 Å². The van der Waals surface area contributed by atoms with Gasteiger partial charge in [-0.25, -0.2) is 0 Å². The summed E-state index contributed by atoms with van der Waals surface area (Å²) in [6.07, 6.45) is 8.68. The van der Waals surface area contributed by atoms with E-state index in [-0.39, 0.29) is 0 Å². The molecule has 0 saturated heterocycles. The molecule has 0 aliphatic rings. The third kappa shape index (κ3) is 5.58. The van der Waals surface area contributed by atoms with E-state index >= 15 is 0 Å². The fourth-order valence-corrected chi connectivity index (χ4v) is 1.25. The Kier molecular flexibility index (Phi) is 6.29. The second-order valence-corrected chi connectivity index (χ2v) is 3.33. The molecule has 3 heteroatoms. The molecule has 88 valence electrons. The van der Waals surface area contributed by atoms with Crippen LogP contribution in [0.5, 0.6) is 0 Å². The van der Waals surface area contributed by atoms with E-state index < -0.39 is 0 Å². The van der Waals surface area contributed by atoms with Crippen molar-refractivity contribution in [1.82, 2.24) is 10.3 Å². The molecule has 0 fully saturated rings. The molecule has 1 aromatic heterocycles. The summed E-state index contributed by atoms with van der Waals surface area (Å²) in [7, 11) is 0. The van der Waals surface area contributed by atoms with Gasteiger partial charge >= 0.3 is 0 Å². The number of nitrogens with zero attached hydrogens (tertiary/aromatic N) is 2. The predicted octanol–water partition coefficient (Wildman–Crippen LogP) is 2.50. The molecule has 1 N–H and O–H groups in total. The highest BCUT2D eigenvalue weighted by Crippen LogP contribution is 1.97. The van der Waals surface area contributed by atoms with Gasteiger partial charge in [-0.3, -0.25) is 9.98 Å². The molecule has 0 aromatic carbocycles. The van der Waals surface area contributed by atoms with Gasteiger partial charge in [0.1, 0.15) is 0 Å². The Balaban J connectivity index is 2.42. The van der Waals surface area contributed by atoms with Crippen molar-refractivity contribution >= 4 is 6.21 Å². The first kappa shape index (κ1) is 13.1. The Bertz CT molecular complexity index is 405. The summed E-state index contributed by atoms with van der Waals surface area (Å²) in [5, 5.41) is 3.27. The van der Waals surface area contributed by atoms with Gasteiger partial charge in [-0.05, 0) is 18.2 Å². The average Bonchev–Trinajstić information content (AvgIpc) is 2.37. The van der Waals surface area contributed by atoms with Crippen LogP contribution in [-0.2, 0) is 6.54 Å². The highest BCUT2D eigenvalue weighted by atomic mass is 14.9. The van der Waals surface area contributed by atoms with Crippen LogP contribution in [0.4, 0.5) is 0 Å². The first-order valence-electron chi connectivity index (χ1n) is 5.44. The number of hydrogen-bond acceptors (Lipinski definition) is 3. The molecule has 0 saturated carbocycles. The molecule has 1 rings (SSSR count). The van der Waals surface area contributed by atoms with Crippen molar-refractivity contribution in [2.45, 2.75) is 6.54 Å². The van der Waals surface area contributed by atoms with E-state index in [9.17, 15) is 0 Å². The zero-order valence-electron chi connectivity index (χ0n) is 9.84. The Morgan fingerprint density at radius 3 is 2.88 bits per heavy atom. The van der Waals surface area contributed by atoms with Crippen molar-refractivity contribution in [2.24, 2.45) is 4.99 Å². The Hall–Kier alpha value is -2.00. The van der Waals surface area contributed by atoms with Gasteiger partial charge in [-0.1, -0.05) is 31.4 Å². The molecule has 0 spiro atoms. The lowest BCUT2D eigenvalue weighted by molar-refractivity contribution is 0.719. The Labute approximate surface area is 102 Å². The van der Waals surface area contributed by atoms with E-state index in [1.54, 1.807) is 24.6 Å². The molecule has 0 atom stereocenters. The lowest BCUT2D eigenvalue weighted by Gasteiger charge is -2.04. The van der Waals surface area contributed by atoms with Gasteiger partial charge < -0.3 is 5.32 Å². The van der Waals surface area contributed by atoms with Crippen LogP contribution in [0.15, 0.2) is 66.5 Å². The fourth-order valence-electron chi connectivity index (χ4n) is 1.25. The maximum absolute atomic E-state index is 4.23. The number of hydrogen-bond donors (Lipinski definition) is 1. The topological polar surface area (TPSA) is 37.3 Å². The van der Waals surface area contributed by atoms with Gasteiger partial charge in [0, 0.05) is 25.5 Å². The van der Waals surface area contributed by atoms with Gasteiger partial charge in [0.05, 0.1) is 11.4 Å². The van der Waals surface area contributed by atoms with Crippen molar-refractivity contribution in [3.63, 3.8) is 0 Å². The second kappa shape index (κ2) is 8.19. The van der Waals surface area contributed by atoms with Crippen molar-refractivity contribution in [3.8, 4) is 0 Å². The number of rotatable bonds is 7. The number of aliphatic imine (C=N–C) groups is 1. The number of nitrogens with one attached hydrogen (secondary N) is 1. The molecule has 0 amide bonds. The van der Waals surface area contributed by atoms with E-state index in [4.69, 9.17) is 0 Å². The van der Waals surface area contributed by atoms with Crippen LogP contribution in [0.3, 0.4) is 0 Å². The summed E-state index contributed by atoms with van der Waals surface area (Å²) in [6, 6.07) is 5.86. The largest absolute Gasteiger partial charge is 0.306 e. The van der Waals surface area contributed by atoms with Crippen molar-refractivity contribution in [3.05, 3.63) is 67.2 Å². The quantitative estimate of drug-likeness (QED) is 0.574. The van der Waals surface area contributed by atoms with E-state index in [1.807, 2.05) is 24.3 Å². The molecule has 1 heterocycles. The standard InChI is InChI=1S/C14H17N3/c1-3-7-13(16-9-4-2)11-15-12-14-8-5-6-10-17-14/h3-10,15H,1-2,11-12H2/b13-7-,16-9?. The number of allylic oxidation sites excluding steroid dienone is 3. The predicted molar refractivity (Wildman–Crippen MR) is 72.9 cm³/mol. The first-order valence-corrected chi connectivity index (χ1v) is 5.44. The van der Waals surface area contributed by atoms with Crippen LogP contribution in [-0.4, -0.2) is 17.7 Å². The van der Waals surface area contributed by atoms with Crippen LogP contribution >= 0.6 is 0 Å². The molecule has 0 unspecified atom stereocenters. The van der Waals surface area contributed by atoms with Gasteiger partial charge in [0.25, 0.3) is 0 Å². The summed E-state index contributed by atoms with van der Waals surface area (Å²) in [4.78, 5) is 8.45. The molecule has 0 aliphatic heterocycles. The van der Waals surface area contributed by atoms with E-state index in [0.717, 1.165) is 17.9 Å². The first-order chi connectivity index (χ1) is 8.36. The summed E-state index contributed by atoms with van der Waals surface area (Å²) >= 11 is 0. The molecule has 1 aromatic rings. The van der Waals surface area contributed by atoms with Crippen molar-refractivity contribution in [2.75, 3.05) is 6.54 Å². The highest BCUT2D eigenvalue weighted by molar-refractivity contribution is 5.71. The van der Waals surface area contributed by atoms with Crippen LogP contribution in [0.1, 0.15) is 5.69 Å². The van der Waals surface area contributed by atoms with E-state index in [2.05, 4.69) is 28.5 Å². The average molecular weight is 227 g/mol. The lowest BCUT2D eigenvalue weighted by atomic mass is 10.3. The molecular weight excluding hydrogens is 210 g/mol. The third-order valence-corrected chi connectivity index (χ3v) is 1.99. The van der Waals surface area contributed by atoms with Crippen LogP contribution in [0.25, 0.3) is 0 Å². The Morgan fingerprint density at radius 2 is 2.24 bits per heavy atom. The summed E-state index contributed by atoms with van der Waals surface area (Å²) in [6.45, 7) is 8.64. The third-order valence-electron chi connectivity index (χ3n) is 1.99. The van der Waals surface area contributed by atoms with Gasteiger partial charge in [-0.2, -0.15) is 0 Å². The van der Waals surface area contributed by atoms with Crippen LogP contribution in [0, 0.1) is 0 Å². The minimum atomic E-state index is 0.674. The second-order valence-electron chi connectivity index (χ2n) is 3.33. The Morgan fingerprint density at radius 1 is 1.35 bits per heavy atom. The molecule has 17 heavy (non-hydrogen) atoms. The highest BCUT2D eigenvalue weighted by Gasteiger charge is 1.94. The number of pyridine rings is 1. The van der Waals surface area contributed by atoms with E-state index in [0.29, 0.717) is 6.54 Å². The summed E-state index contributed by atoms with van der Waals surface area (Å²) in [5.41, 5.74) is 1.92. The van der Waals surface area contributed by atoms with Gasteiger partial charge in [-0.15, -0.1) is 0 Å². The van der Waals surface area contributed by atoms with E-state index in [1.165, 1.54) is 0 Å². The molecule has 0 bridgehead atoms. The summed E-state index contributed by atoms with van der Waals surface area (Å²) < 4.78 is 0. The lowest BCUT2D eigenvalue weighted by Crippen LogP contribution is -2.16. The zero-order valence-corrected chi connectivity index (χ0v) is 9.84.